The van der Waals surface area contributed by atoms with Crippen LogP contribution in [0.2, 0.25) is 0 Å². The van der Waals surface area contributed by atoms with Gasteiger partial charge in [-0.15, -0.1) is 0 Å². The topological polar surface area (TPSA) is 89.8 Å². The lowest BCUT2D eigenvalue weighted by atomic mass is 10.0. The second kappa shape index (κ2) is 7.34. The average molecular weight is 375 g/mol. The predicted octanol–water partition coefficient (Wildman–Crippen LogP) is 3.30. The zero-order valence-corrected chi connectivity index (χ0v) is 15.8. The Morgan fingerprint density at radius 3 is 2.57 bits per heavy atom. The lowest BCUT2D eigenvalue weighted by Crippen LogP contribution is -2.24. The Bertz CT molecular complexity index is 1070. The molecule has 28 heavy (non-hydrogen) atoms. The Morgan fingerprint density at radius 2 is 1.89 bits per heavy atom. The maximum Gasteiger partial charge on any atom is 0.267 e. The number of anilines is 1. The second-order valence-corrected chi connectivity index (χ2v) is 7.18. The first-order chi connectivity index (χ1) is 13.5. The fourth-order valence-electron chi connectivity index (χ4n) is 2.94. The van der Waals surface area contributed by atoms with E-state index in [1.54, 1.807) is 12.3 Å². The van der Waals surface area contributed by atoms with E-state index in [2.05, 4.69) is 20.4 Å². The van der Waals surface area contributed by atoms with Crippen LogP contribution in [0.25, 0.3) is 22.5 Å². The van der Waals surface area contributed by atoms with Crippen molar-refractivity contribution in [3.63, 3.8) is 0 Å². The van der Waals surface area contributed by atoms with E-state index in [1.165, 1.54) is 10.7 Å². The summed E-state index contributed by atoms with van der Waals surface area (Å²) >= 11 is 0. The molecule has 1 aliphatic rings. The van der Waals surface area contributed by atoms with Gasteiger partial charge in [-0.25, -0.2) is 14.6 Å². The molecule has 1 saturated carbocycles. The Labute approximate surface area is 162 Å². The SMILES string of the molecule is CC(C)n1nc(-c2cnc(NC(=O)C3CC3)nc2-c2ccccc2)ccc1=O. The first-order valence-corrected chi connectivity index (χ1v) is 9.36. The van der Waals surface area contributed by atoms with Crippen molar-refractivity contribution in [2.24, 2.45) is 5.92 Å². The summed E-state index contributed by atoms with van der Waals surface area (Å²) in [6.45, 7) is 3.81. The number of amides is 1. The molecule has 0 radical (unpaired) electrons. The van der Waals surface area contributed by atoms with Crippen LogP contribution < -0.4 is 10.9 Å². The highest BCUT2D eigenvalue weighted by Crippen LogP contribution is 2.32. The molecule has 7 nitrogen and oxygen atoms in total. The smallest absolute Gasteiger partial charge is 0.267 e. The Hall–Kier alpha value is -3.35. The number of hydrogen-bond acceptors (Lipinski definition) is 5. The third-order valence-electron chi connectivity index (χ3n) is 4.61. The lowest BCUT2D eigenvalue weighted by Gasteiger charge is -2.13. The van der Waals surface area contributed by atoms with E-state index in [-0.39, 0.29) is 29.4 Å². The third kappa shape index (κ3) is 3.69. The Morgan fingerprint density at radius 1 is 1.14 bits per heavy atom. The zero-order valence-electron chi connectivity index (χ0n) is 15.8. The molecule has 4 rings (SSSR count). The summed E-state index contributed by atoms with van der Waals surface area (Å²) in [5.41, 5.74) is 2.68. The number of hydrogen-bond donors (Lipinski definition) is 1. The van der Waals surface area contributed by atoms with Crippen LogP contribution in [0.3, 0.4) is 0 Å². The summed E-state index contributed by atoms with van der Waals surface area (Å²) in [5.74, 6) is 0.301. The van der Waals surface area contributed by atoms with Crippen molar-refractivity contribution < 1.29 is 4.79 Å². The number of benzene rings is 1. The Kier molecular flexibility index (Phi) is 4.73. The van der Waals surface area contributed by atoms with Crippen LogP contribution in [0.1, 0.15) is 32.7 Å². The zero-order chi connectivity index (χ0) is 19.7. The second-order valence-electron chi connectivity index (χ2n) is 7.18. The molecule has 7 heteroatoms. The third-order valence-corrected chi connectivity index (χ3v) is 4.61. The largest absolute Gasteiger partial charge is 0.294 e. The number of nitrogens with one attached hydrogen (secondary N) is 1. The summed E-state index contributed by atoms with van der Waals surface area (Å²) in [6.07, 6.45) is 3.47. The van der Waals surface area contributed by atoms with Gasteiger partial charge >= 0.3 is 0 Å². The molecular weight excluding hydrogens is 354 g/mol. The van der Waals surface area contributed by atoms with Gasteiger partial charge in [-0.1, -0.05) is 30.3 Å². The van der Waals surface area contributed by atoms with Gasteiger partial charge in [-0.3, -0.25) is 14.9 Å². The minimum atomic E-state index is -0.158. The van der Waals surface area contributed by atoms with Crippen molar-refractivity contribution in [2.75, 3.05) is 5.32 Å². The molecule has 1 fully saturated rings. The molecule has 0 bridgehead atoms. The highest BCUT2D eigenvalue weighted by molar-refractivity contribution is 5.93. The van der Waals surface area contributed by atoms with Crippen LogP contribution in [0.4, 0.5) is 5.95 Å². The molecule has 0 aliphatic heterocycles. The fraction of sp³-hybridized carbons (Fsp3) is 0.286. The van der Waals surface area contributed by atoms with Crippen molar-refractivity contribution in [2.45, 2.75) is 32.7 Å². The molecule has 0 spiro atoms. The number of aromatic nitrogens is 4. The van der Waals surface area contributed by atoms with Crippen LogP contribution in [0.5, 0.6) is 0 Å². The van der Waals surface area contributed by atoms with Gasteiger partial charge in [0.25, 0.3) is 5.56 Å². The van der Waals surface area contributed by atoms with Crippen molar-refractivity contribution >= 4 is 11.9 Å². The van der Waals surface area contributed by atoms with Crippen LogP contribution in [-0.2, 0) is 4.79 Å². The van der Waals surface area contributed by atoms with E-state index in [0.717, 1.165) is 18.4 Å². The minimum absolute atomic E-state index is 0.0433. The van der Waals surface area contributed by atoms with Crippen molar-refractivity contribution in [1.29, 1.82) is 0 Å². The van der Waals surface area contributed by atoms with Gasteiger partial charge in [0, 0.05) is 29.3 Å². The number of nitrogens with zero attached hydrogens (tertiary/aromatic N) is 4. The van der Waals surface area contributed by atoms with Crippen molar-refractivity contribution in [3.05, 3.63) is 59.0 Å². The first-order valence-electron chi connectivity index (χ1n) is 9.36. The van der Waals surface area contributed by atoms with Gasteiger partial charge in [0.1, 0.15) is 0 Å². The molecule has 0 unspecified atom stereocenters. The van der Waals surface area contributed by atoms with Gasteiger partial charge < -0.3 is 0 Å². The van der Waals surface area contributed by atoms with E-state index in [9.17, 15) is 9.59 Å². The lowest BCUT2D eigenvalue weighted by molar-refractivity contribution is -0.117. The van der Waals surface area contributed by atoms with Crippen LogP contribution >= 0.6 is 0 Å². The van der Waals surface area contributed by atoms with E-state index < -0.39 is 0 Å². The molecule has 1 aromatic carbocycles. The quantitative estimate of drug-likeness (QED) is 0.739. The predicted molar refractivity (Wildman–Crippen MR) is 107 cm³/mol. The van der Waals surface area contributed by atoms with Gasteiger partial charge in [-0.2, -0.15) is 5.10 Å². The maximum atomic E-state index is 12.1. The molecular formula is C21H21N5O2. The van der Waals surface area contributed by atoms with Crippen molar-refractivity contribution in [1.82, 2.24) is 19.7 Å². The van der Waals surface area contributed by atoms with E-state index in [4.69, 9.17) is 0 Å². The molecule has 1 N–H and O–H groups in total. The van der Waals surface area contributed by atoms with Crippen molar-refractivity contribution in [3.8, 4) is 22.5 Å². The summed E-state index contributed by atoms with van der Waals surface area (Å²) in [5, 5.41) is 7.29. The van der Waals surface area contributed by atoms with Crippen LogP contribution in [0, 0.1) is 5.92 Å². The van der Waals surface area contributed by atoms with Crippen LogP contribution in [-0.4, -0.2) is 25.7 Å². The number of carbonyl (C=O) groups is 1. The van der Waals surface area contributed by atoms with E-state index in [0.29, 0.717) is 17.0 Å². The van der Waals surface area contributed by atoms with Gasteiger partial charge in [0.05, 0.1) is 17.4 Å². The molecule has 3 aromatic rings. The average Bonchev–Trinajstić information content (AvgIpc) is 3.54. The summed E-state index contributed by atoms with van der Waals surface area (Å²) in [7, 11) is 0. The van der Waals surface area contributed by atoms with E-state index in [1.807, 2.05) is 44.2 Å². The molecule has 0 saturated heterocycles. The summed E-state index contributed by atoms with van der Waals surface area (Å²) < 4.78 is 1.44. The highest BCUT2D eigenvalue weighted by atomic mass is 16.2. The summed E-state index contributed by atoms with van der Waals surface area (Å²) in [6, 6.07) is 12.8. The number of carbonyl (C=O) groups excluding carboxylic acids is 1. The minimum Gasteiger partial charge on any atom is -0.294 e. The highest BCUT2D eigenvalue weighted by Gasteiger charge is 2.30. The van der Waals surface area contributed by atoms with Gasteiger partial charge in [-0.05, 0) is 32.8 Å². The molecule has 2 heterocycles. The molecule has 1 aliphatic carbocycles. The fourth-order valence-corrected chi connectivity index (χ4v) is 2.94. The first kappa shape index (κ1) is 18.0. The molecule has 0 atom stereocenters. The molecule has 2 aromatic heterocycles. The standard InChI is InChI=1S/C21H21N5O2/c1-13(2)26-18(27)11-10-17(25-26)16-12-22-21(24-20(28)15-8-9-15)23-19(16)14-6-4-3-5-7-14/h3-7,10-13,15H,8-9H2,1-2H3,(H,22,23,24,28). The molecule has 142 valence electrons. The molecule has 1 amide bonds. The van der Waals surface area contributed by atoms with Gasteiger partial charge in [0.15, 0.2) is 0 Å². The maximum absolute atomic E-state index is 12.1. The van der Waals surface area contributed by atoms with Crippen LogP contribution in [0.15, 0.2) is 53.5 Å². The monoisotopic (exact) mass is 375 g/mol. The Balaban J connectivity index is 1.81. The van der Waals surface area contributed by atoms with E-state index >= 15 is 0 Å². The summed E-state index contributed by atoms with van der Waals surface area (Å²) in [4.78, 5) is 33.1. The normalized spacial score (nSPS) is 13.5. The number of rotatable bonds is 5. The van der Waals surface area contributed by atoms with Gasteiger partial charge in [0.2, 0.25) is 11.9 Å².